The summed E-state index contributed by atoms with van der Waals surface area (Å²) >= 11 is 0. The molecule has 0 saturated heterocycles. The largest absolute Gasteiger partial charge is 0.462 e. The number of unbranched alkanes of at least 4 members (excludes halogenated alkanes) is 12. The van der Waals surface area contributed by atoms with Gasteiger partial charge in [0, 0.05) is 19.3 Å². The summed E-state index contributed by atoms with van der Waals surface area (Å²) in [7, 11) is 0. The second-order valence-corrected chi connectivity index (χ2v) is 16.7. The first-order chi connectivity index (χ1) is 32.5. The molecule has 0 N–H and O–H groups in total. The lowest BCUT2D eigenvalue weighted by atomic mass is 10.1. The summed E-state index contributed by atoms with van der Waals surface area (Å²) < 4.78 is 16.6. The minimum Gasteiger partial charge on any atom is -0.462 e. The Hall–Kier alpha value is -4.45. The van der Waals surface area contributed by atoms with E-state index in [1.54, 1.807) is 0 Å². The summed E-state index contributed by atoms with van der Waals surface area (Å²) in [6, 6.07) is 0. The number of hydrogen-bond acceptors (Lipinski definition) is 6. The highest BCUT2D eigenvalue weighted by Crippen LogP contribution is 2.12. The standard InChI is InChI=1S/C60H94O6/c1-4-7-10-13-16-19-21-23-24-25-26-27-28-29-30-31-32-33-34-35-36-38-39-41-44-47-50-53-59(62)65-56-57(55-64-58(61)52-49-46-43-18-15-12-9-6-3)66-60(63)54-51-48-45-42-40-37-22-20-17-14-11-8-5-2/h7-8,10-11,16-17,19-20,23-24,26-27,29-30,32-33,35-37,40,45,48,57H,4-6,9,12-15,18,21-22,25,28,31,34,38-39,41-44,46-47,49-56H2,1-3H3/b10-7-,11-8-,19-16-,20-17-,24-23-,27-26-,30-29-,33-32-,36-35-,40-37-,48-45-. The molecule has 0 aromatic heterocycles. The quantitative estimate of drug-likeness (QED) is 0.0262. The Bertz CT molecular complexity index is 1460. The minimum absolute atomic E-state index is 0.116. The van der Waals surface area contributed by atoms with Crippen molar-refractivity contribution in [2.45, 2.75) is 213 Å². The maximum absolute atomic E-state index is 12.7. The first-order valence-electron chi connectivity index (χ1n) is 26.2. The molecule has 0 fully saturated rings. The SMILES string of the molecule is CC/C=C\C/C=C\C/C=C\C/C=C\C/C=C\C/C=C\C/C=C\CCCCCCCC(=O)OCC(COC(=O)CCCCCCCCCC)OC(=O)CC/C=C\C/C=C\C/C=C\C/C=C\CC. The monoisotopic (exact) mass is 911 g/mol. The van der Waals surface area contributed by atoms with Gasteiger partial charge in [0.05, 0.1) is 0 Å². The van der Waals surface area contributed by atoms with E-state index in [0.29, 0.717) is 19.3 Å². The van der Waals surface area contributed by atoms with Crippen LogP contribution >= 0.6 is 0 Å². The molecular formula is C60H94O6. The molecule has 6 nitrogen and oxygen atoms in total. The fraction of sp³-hybridized carbons (Fsp3) is 0.583. The zero-order chi connectivity index (χ0) is 47.9. The molecule has 0 spiro atoms. The van der Waals surface area contributed by atoms with Gasteiger partial charge in [-0.05, 0) is 103 Å². The van der Waals surface area contributed by atoms with Crippen molar-refractivity contribution in [3.05, 3.63) is 134 Å². The van der Waals surface area contributed by atoms with Crippen molar-refractivity contribution in [2.75, 3.05) is 13.2 Å². The van der Waals surface area contributed by atoms with Gasteiger partial charge >= 0.3 is 17.9 Å². The van der Waals surface area contributed by atoms with Gasteiger partial charge in [-0.25, -0.2) is 0 Å². The second-order valence-electron chi connectivity index (χ2n) is 16.7. The van der Waals surface area contributed by atoms with E-state index in [0.717, 1.165) is 128 Å². The number of rotatable bonds is 45. The lowest BCUT2D eigenvalue weighted by molar-refractivity contribution is -0.166. The Labute approximate surface area is 405 Å². The van der Waals surface area contributed by atoms with E-state index >= 15 is 0 Å². The Morgan fingerprint density at radius 2 is 0.621 bits per heavy atom. The van der Waals surface area contributed by atoms with Crippen LogP contribution < -0.4 is 0 Å². The predicted molar refractivity (Wildman–Crippen MR) is 283 cm³/mol. The Balaban J connectivity index is 4.34. The number of allylic oxidation sites excluding steroid dienone is 22. The molecule has 6 heteroatoms. The molecule has 370 valence electrons. The van der Waals surface area contributed by atoms with Gasteiger partial charge in [0.2, 0.25) is 0 Å². The van der Waals surface area contributed by atoms with Crippen molar-refractivity contribution in [3.8, 4) is 0 Å². The van der Waals surface area contributed by atoms with E-state index < -0.39 is 12.1 Å². The van der Waals surface area contributed by atoms with Crippen LogP contribution in [0.3, 0.4) is 0 Å². The average molecular weight is 911 g/mol. The van der Waals surface area contributed by atoms with Gasteiger partial charge < -0.3 is 14.2 Å². The molecule has 0 amide bonds. The van der Waals surface area contributed by atoms with Crippen LogP contribution in [0.25, 0.3) is 0 Å². The molecule has 1 unspecified atom stereocenters. The summed E-state index contributed by atoms with van der Waals surface area (Å²) in [6.07, 6.45) is 74.7. The molecular weight excluding hydrogens is 817 g/mol. The number of ether oxygens (including phenoxy) is 3. The van der Waals surface area contributed by atoms with Crippen LogP contribution in [0.4, 0.5) is 0 Å². The van der Waals surface area contributed by atoms with Crippen LogP contribution in [0, 0.1) is 0 Å². The lowest BCUT2D eigenvalue weighted by Crippen LogP contribution is -2.30. The Kier molecular flexibility index (Phi) is 49.6. The molecule has 0 heterocycles. The van der Waals surface area contributed by atoms with Gasteiger partial charge in [-0.15, -0.1) is 0 Å². The van der Waals surface area contributed by atoms with E-state index in [1.807, 2.05) is 12.2 Å². The number of hydrogen-bond donors (Lipinski definition) is 0. The summed E-state index contributed by atoms with van der Waals surface area (Å²) in [5.41, 5.74) is 0. The van der Waals surface area contributed by atoms with Gasteiger partial charge in [0.1, 0.15) is 13.2 Å². The fourth-order valence-electron chi connectivity index (χ4n) is 6.55. The summed E-state index contributed by atoms with van der Waals surface area (Å²) in [6.45, 7) is 6.27. The highest BCUT2D eigenvalue weighted by atomic mass is 16.6. The Morgan fingerprint density at radius 1 is 0.318 bits per heavy atom. The molecule has 0 aliphatic rings. The molecule has 0 aromatic carbocycles. The average Bonchev–Trinajstić information content (AvgIpc) is 3.31. The summed E-state index contributed by atoms with van der Waals surface area (Å²) in [5.74, 6) is -1.03. The second kappa shape index (κ2) is 53.2. The van der Waals surface area contributed by atoms with Gasteiger partial charge in [-0.1, -0.05) is 219 Å². The van der Waals surface area contributed by atoms with Gasteiger partial charge in [-0.3, -0.25) is 14.4 Å². The molecule has 0 saturated carbocycles. The molecule has 1 atom stereocenters. The molecule has 0 aliphatic carbocycles. The van der Waals surface area contributed by atoms with Crippen LogP contribution in [0.2, 0.25) is 0 Å². The first-order valence-corrected chi connectivity index (χ1v) is 26.2. The molecule has 0 rings (SSSR count). The lowest BCUT2D eigenvalue weighted by Gasteiger charge is -2.18. The van der Waals surface area contributed by atoms with E-state index in [1.165, 1.54) is 32.1 Å². The van der Waals surface area contributed by atoms with Gasteiger partial charge in [-0.2, -0.15) is 0 Å². The van der Waals surface area contributed by atoms with Crippen molar-refractivity contribution in [1.82, 2.24) is 0 Å². The van der Waals surface area contributed by atoms with Gasteiger partial charge in [0.15, 0.2) is 6.10 Å². The highest BCUT2D eigenvalue weighted by Gasteiger charge is 2.19. The summed E-state index contributed by atoms with van der Waals surface area (Å²) in [5, 5.41) is 0. The van der Waals surface area contributed by atoms with Gasteiger partial charge in [0.25, 0.3) is 0 Å². The van der Waals surface area contributed by atoms with E-state index in [2.05, 4.69) is 142 Å². The fourth-order valence-corrected chi connectivity index (χ4v) is 6.55. The predicted octanol–water partition coefficient (Wildman–Crippen LogP) is 17.5. The third-order valence-corrected chi connectivity index (χ3v) is 10.4. The normalized spacial score (nSPS) is 13.2. The topological polar surface area (TPSA) is 78.9 Å². The Morgan fingerprint density at radius 3 is 0.985 bits per heavy atom. The smallest absolute Gasteiger partial charge is 0.306 e. The number of carbonyl (C=O) groups is 3. The minimum atomic E-state index is -0.825. The van der Waals surface area contributed by atoms with Crippen molar-refractivity contribution >= 4 is 17.9 Å². The molecule has 0 radical (unpaired) electrons. The molecule has 66 heavy (non-hydrogen) atoms. The highest BCUT2D eigenvalue weighted by molar-refractivity contribution is 5.71. The van der Waals surface area contributed by atoms with Crippen LogP contribution in [0.5, 0.6) is 0 Å². The number of carbonyl (C=O) groups excluding carboxylic acids is 3. The third kappa shape index (κ3) is 50.5. The maximum Gasteiger partial charge on any atom is 0.306 e. The molecule has 0 aromatic rings. The van der Waals surface area contributed by atoms with E-state index in [9.17, 15) is 14.4 Å². The van der Waals surface area contributed by atoms with Crippen molar-refractivity contribution in [1.29, 1.82) is 0 Å². The van der Waals surface area contributed by atoms with Crippen molar-refractivity contribution in [3.63, 3.8) is 0 Å². The van der Waals surface area contributed by atoms with Crippen LogP contribution in [-0.2, 0) is 28.6 Å². The zero-order valence-electron chi connectivity index (χ0n) is 42.1. The molecule has 0 bridgehead atoms. The van der Waals surface area contributed by atoms with Crippen molar-refractivity contribution in [2.24, 2.45) is 0 Å². The third-order valence-electron chi connectivity index (χ3n) is 10.4. The van der Waals surface area contributed by atoms with Crippen LogP contribution in [-0.4, -0.2) is 37.2 Å². The maximum atomic E-state index is 12.7. The van der Waals surface area contributed by atoms with E-state index in [4.69, 9.17) is 14.2 Å². The first kappa shape index (κ1) is 61.5. The summed E-state index contributed by atoms with van der Waals surface area (Å²) in [4.78, 5) is 37.8. The van der Waals surface area contributed by atoms with Crippen LogP contribution in [0.15, 0.2) is 134 Å². The molecule has 0 aliphatic heterocycles. The number of esters is 3. The van der Waals surface area contributed by atoms with E-state index in [-0.39, 0.29) is 31.6 Å². The van der Waals surface area contributed by atoms with Crippen LogP contribution in [0.1, 0.15) is 207 Å². The zero-order valence-corrected chi connectivity index (χ0v) is 42.1. The van der Waals surface area contributed by atoms with Crippen molar-refractivity contribution < 1.29 is 28.6 Å².